The minimum Gasteiger partial charge on any atom is -0.467 e. The zero-order valence-corrected chi connectivity index (χ0v) is 16.4. The average Bonchev–Trinajstić information content (AvgIpc) is 3.23. The quantitative estimate of drug-likeness (QED) is 0.702. The fourth-order valence-corrected chi connectivity index (χ4v) is 3.26. The molecule has 7 heteroatoms. The summed E-state index contributed by atoms with van der Waals surface area (Å²) in [6.45, 7) is 4.92. The van der Waals surface area contributed by atoms with Gasteiger partial charge in [-0.15, -0.1) is 0 Å². The van der Waals surface area contributed by atoms with Crippen LogP contribution < -0.4 is 4.90 Å². The lowest BCUT2D eigenvalue weighted by molar-refractivity contribution is -0.120. The molecule has 1 atom stereocenters. The Bertz CT molecular complexity index is 700. The van der Waals surface area contributed by atoms with Gasteiger partial charge in [-0.3, -0.25) is 14.6 Å². The lowest BCUT2D eigenvalue weighted by Crippen LogP contribution is -2.51. The van der Waals surface area contributed by atoms with E-state index in [-0.39, 0.29) is 12.5 Å². The van der Waals surface area contributed by atoms with Crippen LogP contribution >= 0.6 is 0 Å². The zero-order valence-electron chi connectivity index (χ0n) is 16.4. The number of ether oxygens (including phenoxy) is 1. The number of hydrogen-bond acceptors (Lipinski definition) is 6. The smallest absolute Gasteiger partial charge is 0.240 e. The molecule has 1 N–H and O–H groups in total. The van der Waals surface area contributed by atoms with Crippen LogP contribution in [0.15, 0.2) is 53.1 Å². The molecule has 2 aromatic rings. The fourth-order valence-electron chi connectivity index (χ4n) is 3.26. The van der Waals surface area contributed by atoms with Crippen LogP contribution in [0.1, 0.15) is 5.76 Å². The number of anilines is 1. The topological polar surface area (TPSA) is 69.4 Å². The van der Waals surface area contributed by atoms with Gasteiger partial charge >= 0.3 is 0 Å². The van der Waals surface area contributed by atoms with Gasteiger partial charge < -0.3 is 19.2 Å². The van der Waals surface area contributed by atoms with E-state index in [9.17, 15) is 9.90 Å². The predicted molar refractivity (Wildman–Crippen MR) is 107 cm³/mol. The molecule has 0 radical (unpaired) electrons. The number of aliphatic hydroxyl groups is 1. The monoisotopic (exact) mass is 387 g/mol. The number of para-hydroxylation sites is 1. The van der Waals surface area contributed by atoms with Gasteiger partial charge in [-0.1, -0.05) is 18.2 Å². The molecule has 1 aromatic heterocycles. The van der Waals surface area contributed by atoms with Crippen molar-refractivity contribution in [2.45, 2.75) is 12.7 Å². The highest BCUT2D eigenvalue weighted by molar-refractivity contribution is 5.94. The zero-order chi connectivity index (χ0) is 19.8. The molecule has 2 heterocycles. The summed E-state index contributed by atoms with van der Waals surface area (Å²) in [5.74, 6) is 0.844. The third-order valence-corrected chi connectivity index (χ3v) is 4.94. The highest BCUT2D eigenvalue weighted by Crippen LogP contribution is 2.12. The Morgan fingerprint density at radius 2 is 1.86 bits per heavy atom. The van der Waals surface area contributed by atoms with Crippen LogP contribution in [0.5, 0.6) is 0 Å². The van der Waals surface area contributed by atoms with Gasteiger partial charge in [0.25, 0.3) is 0 Å². The number of hydrogen-bond donors (Lipinski definition) is 1. The van der Waals surface area contributed by atoms with E-state index >= 15 is 0 Å². The molecule has 0 spiro atoms. The molecule has 0 aliphatic carbocycles. The van der Waals surface area contributed by atoms with Gasteiger partial charge in [0.05, 0.1) is 25.5 Å². The molecule has 1 amide bonds. The van der Waals surface area contributed by atoms with E-state index in [1.54, 1.807) is 11.2 Å². The van der Waals surface area contributed by atoms with Crippen molar-refractivity contribution in [1.29, 1.82) is 0 Å². The maximum Gasteiger partial charge on any atom is 0.240 e. The number of carbonyl (C=O) groups excluding carboxylic acids is 1. The van der Waals surface area contributed by atoms with Crippen LogP contribution in [0.4, 0.5) is 5.69 Å². The second kappa shape index (κ2) is 10.4. The first-order chi connectivity index (χ1) is 13.6. The summed E-state index contributed by atoms with van der Waals surface area (Å²) >= 11 is 0. The molecule has 28 heavy (non-hydrogen) atoms. The van der Waals surface area contributed by atoms with Crippen molar-refractivity contribution in [2.75, 3.05) is 57.8 Å². The van der Waals surface area contributed by atoms with E-state index in [2.05, 4.69) is 9.80 Å². The largest absolute Gasteiger partial charge is 0.467 e. The molecule has 1 unspecified atom stereocenters. The lowest BCUT2D eigenvalue weighted by atomic mass is 10.2. The number of β-amino-alcohol motifs (C(OH)–C–C–N with tert-alkyl or cyclic N) is 1. The molecule has 7 nitrogen and oxygen atoms in total. The summed E-state index contributed by atoms with van der Waals surface area (Å²) in [7, 11) is 1.81. The average molecular weight is 387 g/mol. The van der Waals surface area contributed by atoms with Crippen molar-refractivity contribution in [3.63, 3.8) is 0 Å². The number of aliphatic hydroxyl groups excluding tert-OH is 1. The van der Waals surface area contributed by atoms with Crippen LogP contribution in [0.25, 0.3) is 0 Å². The van der Waals surface area contributed by atoms with Gasteiger partial charge in [0.15, 0.2) is 0 Å². The molecule has 1 fully saturated rings. The Hall–Kier alpha value is -2.19. The van der Waals surface area contributed by atoms with Gasteiger partial charge in [0.2, 0.25) is 5.91 Å². The van der Waals surface area contributed by atoms with Crippen LogP contribution in [0.3, 0.4) is 0 Å². The van der Waals surface area contributed by atoms with Crippen molar-refractivity contribution in [2.24, 2.45) is 0 Å². The van der Waals surface area contributed by atoms with Crippen molar-refractivity contribution in [3.8, 4) is 0 Å². The first-order valence-electron chi connectivity index (χ1n) is 9.66. The first kappa shape index (κ1) is 20.5. The fraction of sp³-hybridized carbons (Fsp3) is 0.476. The van der Waals surface area contributed by atoms with Crippen molar-refractivity contribution >= 4 is 11.6 Å². The first-order valence-corrected chi connectivity index (χ1v) is 9.66. The van der Waals surface area contributed by atoms with Crippen LogP contribution in [-0.4, -0.2) is 79.8 Å². The van der Waals surface area contributed by atoms with Gasteiger partial charge in [-0.05, 0) is 24.3 Å². The summed E-state index contributed by atoms with van der Waals surface area (Å²) in [5, 5.41) is 10.2. The third-order valence-electron chi connectivity index (χ3n) is 4.94. The third kappa shape index (κ3) is 6.17. The minimum atomic E-state index is -0.535. The molecular formula is C21H29N3O4. The minimum absolute atomic E-state index is 0.0889. The highest BCUT2D eigenvalue weighted by Gasteiger charge is 2.22. The molecule has 152 valence electrons. The summed E-state index contributed by atoms with van der Waals surface area (Å²) in [6.07, 6.45) is 1.07. The maximum absolute atomic E-state index is 12.5. The Labute approximate surface area is 166 Å². The summed E-state index contributed by atoms with van der Waals surface area (Å²) in [4.78, 5) is 18.6. The van der Waals surface area contributed by atoms with Crippen molar-refractivity contribution < 1.29 is 19.1 Å². The van der Waals surface area contributed by atoms with E-state index in [4.69, 9.17) is 9.15 Å². The molecular weight excluding hydrogens is 358 g/mol. The number of carbonyl (C=O) groups is 1. The number of nitrogens with zero attached hydrogens (tertiary/aromatic N) is 3. The maximum atomic E-state index is 12.5. The van der Waals surface area contributed by atoms with Crippen molar-refractivity contribution in [3.05, 3.63) is 54.5 Å². The SMILES string of the molecule is CN(C(=O)CN1CCN(CC(O)COCc2ccco2)CC1)c1ccccc1. The van der Waals surface area contributed by atoms with E-state index in [1.165, 1.54) is 0 Å². The van der Waals surface area contributed by atoms with Gasteiger partial charge in [-0.2, -0.15) is 0 Å². The molecule has 1 aliphatic heterocycles. The number of amides is 1. The second-order valence-corrected chi connectivity index (χ2v) is 7.11. The van der Waals surface area contributed by atoms with Gasteiger partial charge in [0.1, 0.15) is 12.4 Å². The Balaban J connectivity index is 1.33. The second-order valence-electron chi connectivity index (χ2n) is 7.11. The van der Waals surface area contributed by atoms with Gasteiger partial charge in [-0.25, -0.2) is 0 Å². The van der Waals surface area contributed by atoms with Gasteiger partial charge in [0, 0.05) is 45.5 Å². The molecule has 0 bridgehead atoms. The number of furan rings is 1. The molecule has 1 aliphatic rings. The lowest BCUT2D eigenvalue weighted by Gasteiger charge is -2.35. The van der Waals surface area contributed by atoms with Crippen molar-refractivity contribution in [1.82, 2.24) is 9.80 Å². The molecule has 1 saturated heterocycles. The predicted octanol–water partition coefficient (Wildman–Crippen LogP) is 1.44. The van der Waals surface area contributed by atoms with E-state index in [1.807, 2.05) is 49.5 Å². The molecule has 1 aromatic carbocycles. The summed E-state index contributed by atoms with van der Waals surface area (Å²) < 4.78 is 10.7. The Morgan fingerprint density at radius 3 is 2.54 bits per heavy atom. The summed E-state index contributed by atoms with van der Waals surface area (Å²) in [6, 6.07) is 13.3. The molecule has 0 saturated carbocycles. The summed E-state index contributed by atoms with van der Waals surface area (Å²) in [5.41, 5.74) is 0.906. The Morgan fingerprint density at radius 1 is 1.14 bits per heavy atom. The number of piperazine rings is 1. The number of benzene rings is 1. The van der Waals surface area contributed by atoms with E-state index in [0.717, 1.165) is 37.6 Å². The van der Waals surface area contributed by atoms with E-state index in [0.29, 0.717) is 19.7 Å². The number of rotatable bonds is 9. The molecule has 3 rings (SSSR count). The number of likely N-dealkylation sites (N-methyl/N-ethyl adjacent to an activating group) is 1. The standard InChI is InChI=1S/C21H29N3O4/c1-22(18-6-3-2-4-7-18)21(26)15-24-11-9-23(10-12-24)14-19(25)16-27-17-20-8-5-13-28-20/h2-8,13,19,25H,9-12,14-17H2,1H3. The van der Waals surface area contributed by atoms with E-state index < -0.39 is 6.10 Å². The highest BCUT2D eigenvalue weighted by atomic mass is 16.5. The Kier molecular flexibility index (Phi) is 7.62. The van der Waals surface area contributed by atoms with Crippen LogP contribution in [-0.2, 0) is 16.1 Å². The van der Waals surface area contributed by atoms with Crippen LogP contribution in [0, 0.1) is 0 Å². The normalized spacial score (nSPS) is 16.8. The van der Waals surface area contributed by atoms with Crippen LogP contribution in [0.2, 0.25) is 0 Å².